The second-order valence-corrected chi connectivity index (χ2v) is 6.74. The van der Waals surface area contributed by atoms with Crippen molar-refractivity contribution in [2.45, 2.75) is 12.3 Å². The van der Waals surface area contributed by atoms with Gasteiger partial charge >= 0.3 is 0 Å². The van der Waals surface area contributed by atoms with Gasteiger partial charge in [0.2, 0.25) is 0 Å². The van der Waals surface area contributed by atoms with E-state index in [-0.39, 0.29) is 0 Å². The van der Waals surface area contributed by atoms with Crippen LogP contribution in [0.5, 0.6) is 0 Å². The van der Waals surface area contributed by atoms with Crippen molar-refractivity contribution in [3.63, 3.8) is 0 Å². The minimum Gasteiger partial charge on any atom is -0.371 e. The maximum atomic E-state index is 4.72. The minimum absolute atomic E-state index is 0.545. The van der Waals surface area contributed by atoms with Crippen LogP contribution >= 0.6 is 0 Å². The molecule has 128 valence electrons. The van der Waals surface area contributed by atoms with Crippen molar-refractivity contribution in [1.82, 2.24) is 19.9 Å². The maximum absolute atomic E-state index is 4.72. The summed E-state index contributed by atoms with van der Waals surface area (Å²) < 4.78 is 0. The zero-order valence-electron chi connectivity index (χ0n) is 14.3. The van der Waals surface area contributed by atoms with Gasteiger partial charge < -0.3 is 9.88 Å². The average Bonchev–Trinajstić information content (AvgIpc) is 3.38. The van der Waals surface area contributed by atoms with Gasteiger partial charge in [-0.2, -0.15) is 0 Å². The quantitative estimate of drug-likeness (QED) is 0.611. The molecule has 1 fully saturated rings. The summed E-state index contributed by atoms with van der Waals surface area (Å²) in [6.45, 7) is 2.09. The third-order valence-corrected chi connectivity index (χ3v) is 5.11. The van der Waals surface area contributed by atoms with Gasteiger partial charge in [0.25, 0.3) is 0 Å². The molecule has 0 saturated carbocycles. The molecule has 5 rings (SSSR count). The lowest BCUT2D eigenvalue weighted by Gasteiger charge is -2.19. The van der Waals surface area contributed by atoms with Crippen LogP contribution in [0.3, 0.4) is 0 Å². The largest absolute Gasteiger partial charge is 0.371 e. The third-order valence-electron chi connectivity index (χ3n) is 5.11. The predicted molar refractivity (Wildman–Crippen MR) is 103 cm³/mol. The van der Waals surface area contributed by atoms with Crippen molar-refractivity contribution in [3.05, 3.63) is 72.8 Å². The van der Waals surface area contributed by atoms with E-state index in [4.69, 9.17) is 4.98 Å². The molecular formula is C21H19N5. The van der Waals surface area contributed by atoms with Crippen molar-refractivity contribution in [2.24, 2.45) is 0 Å². The number of nitrogens with one attached hydrogen (secondary N) is 1. The molecule has 0 radical (unpaired) electrons. The van der Waals surface area contributed by atoms with Gasteiger partial charge in [-0.3, -0.25) is 4.98 Å². The SMILES string of the molecule is c1cncc(C2CCN(c3cccc(-c4cnc5[nH]ccc5n4)c3)C2)c1. The molecule has 5 heteroatoms. The maximum Gasteiger partial charge on any atom is 0.156 e. The second-order valence-electron chi connectivity index (χ2n) is 6.74. The molecule has 4 aromatic rings. The lowest BCUT2D eigenvalue weighted by molar-refractivity contribution is 0.770. The first-order chi connectivity index (χ1) is 12.9. The topological polar surface area (TPSA) is 57.7 Å². The van der Waals surface area contributed by atoms with Gasteiger partial charge in [0.1, 0.15) is 5.52 Å². The summed E-state index contributed by atoms with van der Waals surface area (Å²) in [7, 11) is 0. The van der Waals surface area contributed by atoms with Gasteiger partial charge in [-0.05, 0) is 36.2 Å². The van der Waals surface area contributed by atoms with Crippen molar-refractivity contribution >= 4 is 16.9 Å². The molecule has 1 aliphatic rings. The van der Waals surface area contributed by atoms with E-state index in [2.05, 4.69) is 50.2 Å². The zero-order valence-corrected chi connectivity index (χ0v) is 14.3. The van der Waals surface area contributed by atoms with E-state index in [9.17, 15) is 0 Å². The molecule has 1 N–H and O–H groups in total. The molecule has 0 spiro atoms. The van der Waals surface area contributed by atoms with Crippen LogP contribution in [-0.2, 0) is 0 Å². The Morgan fingerprint density at radius 1 is 1.08 bits per heavy atom. The Hall–Kier alpha value is -3.21. The van der Waals surface area contributed by atoms with Crippen LogP contribution in [0.2, 0.25) is 0 Å². The fraction of sp³-hybridized carbons (Fsp3) is 0.190. The monoisotopic (exact) mass is 341 g/mol. The van der Waals surface area contributed by atoms with E-state index < -0.39 is 0 Å². The second kappa shape index (κ2) is 6.26. The molecule has 26 heavy (non-hydrogen) atoms. The first-order valence-electron chi connectivity index (χ1n) is 8.92. The Kier molecular flexibility index (Phi) is 3.63. The van der Waals surface area contributed by atoms with E-state index in [1.807, 2.05) is 36.9 Å². The van der Waals surface area contributed by atoms with Crippen LogP contribution in [0, 0.1) is 0 Å². The van der Waals surface area contributed by atoms with E-state index in [1.165, 1.54) is 11.3 Å². The summed E-state index contributed by atoms with van der Waals surface area (Å²) >= 11 is 0. The summed E-state index contributed by atoms with van der Waals surface area (Å²) in [6.07, 6.45) is 8.69. The Morgan fingerprint density at radius 3 is 3.00 bits per heavy atom. The lowest BCUT2D eigenvalue weighted by atomic mass is 10.0. The number of pyridine rings is 1. The highest BCUT2D eigenvalue weighted by Crippen LogP contribution is 2.32. The summed E-state index contributed by atoms with van der Waals surface area (Å²) in [5.74, 6) is 0.545. The number of hydrogen-bond donors (Lipinski definition) is 1. The molecule has 4 heterocycles. The average molecular weight is 341 g/mol. The standard InChI is InChI=1S/C21H19N5/c1-3-15(20-13-24-21-19(25-20)6-9-23-21)11-18(5-1)26-10-7-17(14-26)16-4-2-8-22-12-16/h1-6,8-9,11-13,17H,7,10,14H2,(H,23,24). The van der Waals surface area contributed by atoms with Crippen LogP contribution in [0.15, 0.2) is 67.3 Å². The molecule has 1 saturated heterocycles. The number of nitrogens with zero attached hydrogens (tertiary/aromatic N) is 4. The van der Waals surface area contributed by atoms with Gasteiger partial charge in [0.05, 0.1) is 11.9 Å². The highest BCUT2D eigenvalue weighted by atomic mass is 15.1. The fourth-order valence-electron chi connectivity index (χ4n) is 3.72. The number of fused-ring (bicyclic) bond motifs is 1. The van der Waals surface area contributed by atoms with Crippen molar-refractivity contribution in [1.29, 1.82) is 0 Å². The summed E-state index contributed by atoms with van der Waals surface area (Å²) in [6, 6.07) is 14.7. The van der Waals surface area contributed by atoms with E-state index in [0.717, 1.165) is 41.9 Å². The Balaban J connectivity index is 1.41. The highest BCUT2D eigenvalue weighted by Gasteiger charge is 2.24. The molecule has 0 amide bonds. The van der Waals surface area contributed by atoms with Crippen LogP contribution in [-0.4, -0.2) is 33.0 Å². The van der Waals surface area contributed by atoms with Crippen LogP contribution in [0.25, 0.3) is 22.4 Å². The zero-order chi connectivity index (χ0) is 17.3. The van der Waals surface area contributed by atoms with Crippen LogP contribution < -0.4 is 4.90 Å². The van der Waals surface area contributed by atoms with Gasteiger partial charge in [-0.1, -0.05) is 18.2 Å². The number of benzene rings is 1. The number of aromatic nitrogens is 4. The van der Waals surface area contributed by atoms with E-state index >= 15 is 0 Å². The molecular weight excluding hydrogens is 322 g/mol. The Bertz CT molecular complexity index is 1040. The first kappa shape index (κ1) is 15.1. The molecule has 3 aromatic heterocycles. The van der Waals surface area contributed by atoms with Crippen LogP contribution in [0.4, 0.5) is 5.69 Å². The van der Waals surface area contributed by atoms with Gasteiger partial charge in [-0.25, -0.2) is 9.97 Å². The summed E-state index contributed by atoms with van der Waals surface area (Å²) in [5.41, 5.74) is 6.29. The van der Waals surface area contributed by atoms with Crippen molar-refractivity contribution < 1.29 is 0 Å². The van der Waals surface area contributed by atoms with Gasteiger partial charge in [0.15, 0.2) is 5.65 Å². The third kappa shape index (κ3) is 2.71. The molecule has 1 aliphatic heterocycles. The van der Waals surface area contributed by atoms with Gasteiger partial charge in [0, 0.05) is 48.8 Å². The number of rotatable bonds is 3. The lowest BCUT2D eigenvalue weighted by Crippen LogP contribution is -2.19. The fourth-order valence-corrected chi connectivity index (χ4v) is 3.72. The molecule has 1 aromatic carbocycles. The predicted octanol–water partition coefficient (Wildman–Crippen LogP) is 4.01. The number of aromatic amines is 1. The molecule has 1 atom stereocenters. The number of H-pyrrole nitrogens is 1. The highest BCUT2D eigenvalue weighted by molar-refractivity contribution is 5.75. The Labute approximate surface area is 151 Å². The van der Waals surface area contributed by atoms with Crippen LogP contribution in [0.1, 0.15) is 17.9 Å². The summed E-state index contributed by atoms with van der Waals surface area (Å²) in [5, 5.41) is 0. The van der Waals surface area contributed by atoms with E-state index in [1.54, 1.807) is 0 Å². The van der Waals surface area contributed by atoms with Crippen molar-refractivity contribution in [2.75, 3.05) is 18.0 Å². The molecule has 0 aliphatic carbocycles. The summed E-state index contributed by atoms with van der Waals surface area (Å²) in [4.78, 5) is 19.0. The van der Waals surface area contributed by atoms with Gasteiger partial charge in [-0.15, -0.1) is 0 Å². The Morgan fingerprint density at radius 2 is 2.08 bits per heavy atom. The van der Waals surface area contributed by atoms with Crippen molar-refractivity contribution in [3.8, 4) is 11.3 Å². The number of anilines is 1. The molecule has 1 unspecified atom stereocenters. The number of hydrogen-bond acceptors (Lipinski definition) is 4. The van der Waals surface area contributed by atoms with E-state index in [0.29, 0.717) is 5.92 Å². The molecule has 0 bridgehead atoms. The normalized spacial score (nSPS) is 17.1. The minimum atomic E-state index is 0.545. The molecule has 5 nitrogen and oxygen atoms in total. The smallest absolute Gasteiger partial charge is 0.156 e. The first-order valence-corrected chi connectivity index (χ1v) is 8.92.